The van der Waals surface area contributed by atoms with E-state index in [1.807, 2.05) is 6.08 Å². The number of hydrogen-bond donors (Lipinski definition) is 2. The number of ether oxygens (including phenoxy) is 2. The Labute approximate surface area is 338 Å². The van der Waals surface area contributed by atoms with Crippen molar-refractivity contribution in [2.45, 2.75) is 24.2 Å². The van der Waals surface area contributed by atoms with Gasteiger partial charge in [0, 0.05) is 33.1 Å². The number of allylic oxidation sites excluding steroid dienone is 2. The lowest BCUT2D eigenvalue weighted by atomic mass is 9.49. The van der Waals surface area contributed by atoms with Crippen LogP contribution < -0.4 is 19.8 Å². The predicted molar refractivity (Wildman–Crippen MR) is 209 cm³/mol. The zero-order chi connectivity index (χ0) is 39.8. The van der Waals surface area contributed by atoms with Crippen molar-refractivity contribution in [3.05, 3.63) is 126 Å². The van der Waals surface area contributed by atoms with E-state index >= 15 is 4.79 Å². The summed E-state index contributed by atoms with van der Waals surface area (Å²) in [6.45, 7) is 0. The number of phenolic OH excluding ortho intramolecular Hbond substituents is 1. The maximum Gasteiger partial charge on any atom is 0.271 e. The molecule has 0 bridgehead atoms. The Morgan fingerprint density at radius 1 is 0.929 bits per heavy atom. The molecule has 56 heavy (non-hydrogen) atoms. The Kier molecular flexibility index (Phi) is 9.33. The van der Waals surface area contributed by atoms with E-state index in [4.69, 9.17) is 32.7 Å². The molecule has 2 saturated heterocycles. The number of hydrogen-bond acceptors (Lipinski definition) is 10. The summed E-state index contributed by atoms with van der Waals surface area (Å²) >= 11 is 16.2. The predicted octanol–water partition coefficient (Wildman–Crippen LogP) is 7.58. The first kappa shape index (κ1) is 37.5. The Morgan fingerprint density at radius 2 is 1.68 bits per heavy atom. The maximum absolute atomic E-state index is 15.5. The number of imide groups is 2. The van der Waals surface area contributed by atoms with Crippen LogP contribution in [0.5, 0.6) is 17.2 Å². The largest absolute Gasteiger partial charge is 0.504 e. The molecular weight excluding hydrogens is 831 g/mol. The van der Waals surface area contributed by atoms with Crippen LogP contribution in [0, 0.1) is 33.8 Å². The number of nitro groups is 1. The van der Waals surface area contributed by atoms with Gasteiger partial charge in [-0.3, -0.25) is 34.7 Å². The normalized spacial score (nSPS) is 25.4. The van der Waals surface area contributed by atoms with Crippen molar-refractivity contribution < 1.29 is 38.7 Å². The van der Waals surface area contributed by atoms with Gasteiger partial charge in [-0.2, -0.15) is 5.01 Å². The molecule has 1 saturated carbocycles. The first-order valence-corrected chi connectivity index (χ1v) is 19.0. The highest BCUT2D eigenvalue weighted by Gasteiger charge is 2.71. The van der Waals surface area contributed by atoms with Crippen molar-refractivity contribution in [2.24, 2.45) is 23.7 Å². The second-order valence-electron chi connectivity index (χ2n) is 14.0. The number of halogens is 3. The average Bonchev–Trinajstić information content (AvgIpc) is 3.57. The molecule has 2 heterocycles. The summed E-state index contributed by atoms with van der Waals surface area (Å²) in [6.07, 6.45) is 1.87. The molecule has 0 radical (unpaired) electrons. The van der Waals surface area contributed by atoms with Crippen LogP contribution in [-0.2, 0) is 24.6 Å². The summed E-state index contributed by atoms with van der Waals surface area (Å²) in [4.78, 5) is 71.2. The van der Waals surface area contributed by atoms with Gasteiger partial charge in [-0.25, -0.2) is 4.90 Å². The fourth-order valence-electron chi connectivity index (χ4n) is 9.16. The van der Waals surface area contributed by atoms with Crippen LogP contribution in [-0.4, -0.2) is 52.9 Å². The number of carbonyl (C=O) groups is 4. The Hall–Kier alpha value is -5.44. The highest BCUT2D eigenvalue weighted by atomic mass is 79.9. The second kappa shape index (κ2) is 13.9. The summed E-state index contributed by atoms with van der Waals surface area (Å²) in [5.41, 5.74) is 2.44. The minimum absolute atomic E-state index is 0.0413. The van der Waals surface area contributed by atoms with Gasteiger partial charge in [0.1, 0.15) is 5.75 Å². The van der Waals surface area contributed by atoms with Gasteiger partial charge in [-0.1, -0.05) is 69.0 Å². The lowest BCUT2D eigenvalue weighted by molar-refractivity contribution is -0.384. The molecule has 2 aliphatic carbocycles. The molecule has 4 aliphatic rings. The number of benzene rings is 4. The van der Waals surface area contributed by atoms with Gasteiger partial charge >= 0.3 is 0 Å². The molecule has 6 atom stereocenters. The van der Waals surface area contributed by atoms with Gasteiger partial charge in [-0.15, -0.1) is 0 Å². The first-order chi connectivity index (χ1) is 26.8. The molecule has 0 aromatic heterocycles. The van der Waals surface area contributed by atoms with E-state index in [0.717, 1.165) is 9.91 Å². The van der Waals surface area contributed by atoms with Crippen LogP contribution in [0.1, 0.15) is 29.9 Å². The second-order valence-corrected chi connectivity index (χ2v) is 15.8. The molecule has 286 valence electrons. The van der Waals surface area contributed by atoms with Gasteiger partial charge in [0.05, 0.1) is 58.7 Å². The topological polar surface area (TPSA) is 169 Å². The number of rotatable bonds is 8. The van der Waals surface area contributed by atoms with Crippen LogP contribution in [0.3, 0.4) is 0 Å². The van der Waals surface area contributed by atoms with Crippen molar-refractivity contribution in [3.63, 3.8) is 0 Å². The number of anilines is 2. The summed E-state index contributed by atoms with van der Waals surface area (Å²) in [5, 5.41) is 25.0. The van der Waals surface area contributed by atoms with Crippen molar-refractivity contribution in [1.82, 2.24) is 5.01 Å². The lowest BCUT2D eigenvalue weighted by Crippen LogP contribution is -2.53. The summed E-state index contributed by atoms with van der Waals surface area (Å²) in [6, 6.07) is 19.8. The third-order valence-corrected chi connectivity index (χ3v) is 12.5. The molecule has 0 spiro atoms. The number of hydrazine groups is 1. The maximum atomic E-state index is 15.5. The van der Waals surface area contributed by atoms with Crippen molar-refractivity contribution >= 4 is 79.8 Å². The highest BCUT2D eigenvalue weighted by Crippen LogP contribution is 2.65. The molecule has 16 heteroatoms. The van der Waals surface area contributed by atoms with E-state index in [-0.39, 0.29) is 52.0 Å². The van der Waals surface area contributed by atoms with Gasteiger partial charge in [0.15, 0.2) is 11.5 Å². The Bertz CT molecular complexity index is 2410. The molecule has 13 nitrogen and oxygen atoms in total. The number of phenols is 1. The van der Waals surface area contributed by atoms with E-state index in [1.165, 1.54) is 50.6 Å². The van der Waals surface area contributed by atoms with Crippen molar-refractivity contribution in [2.75, 3.05) is 24.5 Å². The molecule has 2 N–H and O–H groups in total. The molecular formula is C40H31BrCl2N4O9. The van der Waals surface area contributed by atoms with Gasteiger partial charge in [0.2, 0.25) is 11.8 Å². The SMILES string of the molecule is COc1ccc([C@@]23C(=O)N(Nc4ccc(Cl)cc4Cl)C(=O)[C@@H]2C[C@@H]2C(=CC[C@@H]4C(=O)N(c5cccc([N+](=O)[O-])c5)C(=O)[C@@H]42)[C@@H]3c2cc(Br)cc(OC)c2O)cc1. The smallest absolute Gasteiger partial charge is 0.271 e. The fourth-order valence-corrected chi connectivity index (χ4v) is 10.1. The third kappa shape index (κ3) is 5.56. The minimum Gasteiger partial charge on any atom is -0.504 e. The molecule has 0 unspecified atom stereocenters. The summed E-state index contributed by atoms with van der Waals surface area (Å²) < 4.78 is 11.5. The summed E-state index contributed by atoms with van der Waals surface area (Å²) in [7, 11) is 2.89. The van der Waals surface area contributed by atoms with E-state index in [9.17, 15) is 29.6 Å². The lowest BCUT2D eigenvalue weighted by Gasteiger charge is -2.50. The van der Waals surface area contributed by atoms with Crippen LogP contribution >= 0.6 is 39.1 Å². The number of nitrogens with one attached hydrogen (secondary N) is 1. The van der Waals surface area contributed by atoms with E-state index < -0.39 is 63.6 Å². The number of nitro benzene ring substituents is 1. The standard InChI is InChI=1S/C40H31BrCl2N4O9/c1-55-24-9-6-19(7-10-24)40-29(37(50)46(39(40)52)44-31-13-8-21(42)16-30(31)43)18-27-25(34(40)28-14-20(41)15-32(56-2)35(28)48)11-12-26-33(27)38(51)45(36(26)49)22-4-3-5-23(17-22)47(53)54/h3-11,13-17,26-27,29,33-34,44,48H,12,18H2,1-2H3/t26-,27+,29-,33-,34+,40+/m0/s1. The highest BCUT2D eigenvalue weighted by molar-refractivity contribution is 9.10. The zero-order valence-corrected chi connectivity index (χ0v) is 32.7. The molecule has 4 amide bonds. The molecule has 4 aromatic carbocycles. The number of methoxy groups -OCH3 is 2. The number of non-ortho nitro benzene ring substituents is 1. The third-order valence-electron chi connectivity index (χ3n) is 11.5. The summed E-state index contributed by atoms with van der Waals surface area (Å²) in [5.74, 6) is -6.97. The molecule has 4 aromatic rings. The van der Waals surface area contributed by atoms with Crippen LogP contribution in [0.4, 0.5) is 17.1 Å². The van der Waals surface area contributed by atoms with E-state index in [2.05, 4.69) is 21.4 Å². The quantitative estimate of drug-likeness (QED) is 0.0780. The molecule has 8 rings (SSSR count). The average molecular weight is 863 g/mol. The number of amides is 4. The van der Waals surface area contributed by atoms with Gasteiger partial charge in [0.25, 0.3) is 17.5 Å². The minimum atomic E-state index is -1.74. The Balaban J connectivity index is 1.35. The number of nitrogens with zero attached hydrogens (tertiary/aromatic N) is 3. The monoisotopic (exact) mass is 860 g/mol. The molecule has 3 fully saturated rings. The number of aromatic hydroxyl groups is 1. The van der Waals surface area contributed by atoms with E-state index in [1.54, 1.807) is 42.5 Å². The van der Waals surface area contributed by atoms with Gasteiger partial charge < -0.3 is 14.6 Å². The van der Waals surface area contributed by atoms with Gasteiger partial charge in [-0.05, 0) is 72.9 Å². The zero-order valence-electron chi connectivity index (χ0n) is 29.6. The first-order valence-electron chi connectivity index (χ1n) is 17.4. The number of carbonyl (C=O) groups excluding carboxylic acids is 4. The van der Waals surface area contributed by atoms with Crippen molar-refractivity contribution in [1.29, 1.82) is 0 Å². The van der Waals surface area contributed by atoms with E-state index in [0.29, 0.717) is 26.4 Å². The van der Waals surface area contributed by atoms with Crippen LogP contribution in [0.25, 0.3) is 0 Å². The Morgan fingerprint density at radius 3 is 2.36 bits per heavy atom. The van der Waals surface area contributed by atoms with Crippen LogP contribution in [0.15, 0.2) is 95.0 Å². The number of fused-ring (bicyclic) bond motifs is 4. The molecule has 2 aliphatic heterocycles. The van der Waals surface area contributed by atoms with Crippen molar-refractivity contribution in [3.8, 4) is 17.2 Å². The fraction of sp³-hybridized carbons (Fsp3) is 0.250. The van der Waals surface area contributed by atoms with Crippen LogP contribution in [0.2, 0.25) is 10.0 Å².